The maximum atomic E-state index is 5.26. The average molecular weight is 379 g/mol. The molecule has 26 heavy (non-hydrogen) atoms. The maximum absolute atomic E-state index is 5.26. The number of aryl methyl sites for hydroxylation is 2. The van der Waals surface area contributed by atoms with Crippen LogP contribution in [0.25, 0.3) is 6.08 Å². The minimum Gasteiger partial charge on any atom is -0.497 e. The lowest BCUT2D eigenvalue weighted by atomic mass is 10.2. The topological polar surface area (TPSA) is 9.23 Å². The molecule has 1 nitrogen and oxygen atoms in total. The van der Waals surface area contributed by atoms with Gasteiger partial charge in [-0.3, -0.25) is 0 Å². The van der Waals surface area contributed by atoms with Gasteiger partial charge in [-0.15, -0.1) is 0 Å². The second-order valence-corrected chi connectivity index (χ2v) is 8.56. The molecule has 3 aromatic carbocycles. The van der Waals surface area contributed by atoms with E-state index < -0.39 is 0 Å². The molecule has 0 N–H and O–H groups in total. The molecule has 0 aromatic heterocycles. The van der Waals surface area contributed by atoms with Gasteiger partial charge in [-0.05, 0) is 61.9 Å². The van der Waals surface area contributed by atoms with Crippen molar-refractivity contribution in [1.29, 1.82) is 0 Å². The first-order chi connectivity index (χ1) is 12.6. The Morgan fingerprint density at radius 2 is 1.15 bits per heavy atom. The Morgan fingerprint density at radius 3 is 1.58 bits per heavy atom. The molecule has 0 aliphatic rings. The molecular formula is C23H22OS2. The molecule has 3 aromatic rings. The van der Waals surface area contributed by atoms with Crippen LogP contribution in [0.1, 0.15) is 16.7 Å². The van der Waals surface area contributed by atoms with Crippen molar-refractivity contribution in [3.05, 3.63) is 93.7 Å². The summed E-state index contributed by atoms with van der Waals surface area (Å²) < 4.78 is 6.50. The van der Waals surface area contributed by atoms with Crippen molar-refractivity contribution in [3.8, 4) is 5.75 Å². The van der Waals surface area contributed by atoms with Crippen molar-refractivity contribution in [2.24, 2.45) is 0 Å². The van der Waals surface area contributed by atoms with Gasteiger partial charge in [0.1, 0.15) is 5.75 Å². The van der Waals surface area contributed by atoms with Gasteiger partial charge in [-0.1, -0.05) is 71.0 Å². The molecule has 3 rings (SSSR count). The van der Waals surface area contributed by atoms with Gasteiger partial charge in [-0.25, -0.2) is 0 Å². The quantitative estimate of drug-likeness (QED) is 0.420. The summed E-state index contributed by atoms with van der Waals surface area (Å²) in [6.07, 6.45) is 2.23. The van der Waals surface area contributed by atoms with Crippen LogP contribution in [-0.2, 0) is 0 Å². The highest BCUT2D eigenvalue weighted by Crippen LogP contribution is 2.40. The van der Waals surface area contributed by atoms with Crippen LogP contribution in [0.2, 0.25) is 0 Å². The third-order valence-electron chi connectivity index (χ3n) is 3.88. The van der Waals surface area contributed by atoms with Gasteiger partial charge in [0.05, 0.1) is 11.3 Å². The summed E-state index contributed by atoms with van der Waals surface area (Å²) in [6, 6.07) is 25.5. The van der Waals surface area contributed by atoms with Gasteiger partial charge in [-0.2, -0.15) is 0 Å². The summed E-state index contributed by atoms with van der Waals surface area (Å²) in [7, 11) is 1.69. The predicted octanol–water partition coefficient (Wildman–Crippen LogP) is 7.20. The average Bonchev–Trinajstić information content (AvgIpc) is 2.66. The van der Waals surface area contributed by atoms with Gasteiger partial charge >= 0.3 is 0 Å². The molecule has 0 radical (unpaired) electrons. The van der Waals surface area contributed by atoms with Crippen LogP contribution in [-0.4, -0.2) is 7.11 Å². The number of rotatable bonds is 6. The smallest absolute Gasteiger partial charge is 0.118 e. The fraction of sp³-hybridized carbons (Fsp3) is 0.130. The van der Waals surface area contributed by atoms with Crippen LogP contribution >= 0.6 is 23.5 Å². The molecule has 0 heterocycles. The highest BCUT2D eigenvalue weighted by Gasteiger charge is 2.05. The van der Waals surface area contributed by atoms with E-state index in [2.05, 4.69) is 80.6 Å². The largest absolute Gasteiger partial charge is 0.497 e. The van der Waals surface area contributed by atoms with Crippen LogP contribution in [0.5, 0.6) is 5.75 Å². The molecule has 0 saturated carbocycles. The van der Waals surface area contributed by atoms with Gasteiger partial charge in [0.2, 0.25) is 0 Å². The summed E-state index contributed by atoms with van der Waals surface area (Å²) >= 11 is 3.59. The van der Waals surface area contributed by atoms with E-state index in [-0.39, 0.29) is 0 Å². The number of ether oxygens (including phenoxy) is 1. The molecule has 0 saturated heterocycles. The Bertz CT molecular complexity index is 814. The molecule has 0 spiro atoms. The van der Waals surface area contributed by atoms with E-state index in [4.69, 9.17) is 4.74 Å². The fourth-order valence-electron chi connectivity index (χ4n) is 2.36. The van der Waals surface area contributed by atoms with E-state index >= 15 is 0 Å². The molecular weight excluding hydrogens is 356 g/mol. The second kappa shape index (κ2) is 9.02. The monoisotopic (exact) mass is 378 g/mol. The number of benzene rings is 3. The molecule has 3 heteroatoms. The Hall–Kier alpha value is -2.10. The summed E-state index contributed by atoms with van der Waals surface area (Å²) in [5, 5.41) is 0. The molecule has 0 aliphatic heterocycles. The van der Waals surface area contributed by atoms with E-state index in [0.29, 0.717) is 0 Å². The van der Waals surface area contributed by atoms with Crippen molar-refractivity contribution in [2.45, 2.75) is 23.6 Å². The number of thioether (sulfide) groups is 2. The molecule has 132 valence electrons. The second-order valence-electron chi connectivity index (χ2n) is 6.07. The van der Waals surface area contributed by atoms with Crippen LogP contribution in [0.3, 0.4) is 0 Å². The molecule has 0 unspecified atom stereocenters. The number of hydrogen-bond acceptors (Lipinski definition) is 3. The number of methoxy groups -OCH3 is 1. The minimum atomic E-state index is 0.876. The summed E-state index contributed by atoms with van der Waals surface area (Å²) in [5.41, 5.74) is 3.72. The van der Waals surface area contributed by atoms with E-state index in [1.165, 1.54) is 30.7 Å². The van der Waals surface area contributed by atoms with E-state index in [0.717, 1.165) is 5.75 Å². The third kappa shape index (κ3) is 5.45. The zero-order valence-corrected chi connectivity index (χ0v) is 16.9. The maximum Gasteiger partial charge on any atom is 0.118 e. The number of hydrogen-bond donors (Lipinski definition) is 0. The Balaban J connectivity index is 1.87. The van der Waals surface area contributed by atoms with Crippen LogP contribution in [0.4, 0.5) is 0 Å². The lowest BCUT2D eigenvalue weighted by Gasteiger charge is -2.09. The van der Waals surface area contributed by atoms with E-state index in [9.17, 15) is 0 Å². The Labute approximate surface area is 164 Å². The molecule has 0 bridgehead atoms. The van der Waals surface area contributed by atoms with Gasteiger partial charge in [0.15, 0.2) is 0 Å². The van der Waals surface area contributed by atoms with Gasteiger partial charge in [0.25, 0.3) is 0 Å². The highest BCUT2D eigenvalue weighted by atomic mass is 32.2. The minimum absolute atomic E-state index is 0.876. The summed E-state index contributed by atoms with van der Waals surface area (Å²) in [6.45, 7) is 4.23. The van der Waals surface area contributed by atoms with Gasteiger partial charge in [0, 0.05) is 9.79 Å². The highest BCUT2D eigenvalue weighted by molar-refractivity contribution is 8.22. The third-order valence-corrected chi connectivity index (χ3v) is 6.03. The molecule has 0 amide bonds. The van der Waals surface area contributed by atoms with E-state index in [1.54, 1.807) is 30.6 Å². The van der Waals surface area contributed by atoms with Crippen molar-refractivity contribution in [3.63, 3.8) is 0 Å². The van der Waals surface area contributed by atoms with Crippen molar-refractivity contribution >= 4 is 29.6 Å². The van der Waals surface area contributed by atoms with Crippen LogP contribution < -0.4 is 4.74 Å². The summed E-state index contributed by atoms with van der Waals surface area (Å²) in [5.74, 6) is 0.876. The van der Waals surface area contributed by atoms with Crippen molar-refractivity contribution in [2.75, 3.05) is 7.11 Å². The molecule has 0 aliphatic carbocycles. The van der Waals surface area contributed by atoms with Crippen LogP contribution in [0.15, 0.2) is 86.8 Å². The molecule has 0 fully saturated rings. The SMILES string of the molecule is COc1ccc(C=C(Sc2ccc(C)cc2)Sc2ccc(C)cc2)cc1. The Morgan fingerprint density at radius 1 is 0.692 bits per heavy atom. The van der Waals surface area contributed by atoms with Crippen LogP contribution in [0, 0.1) is 13.8 Å². The first-order valence-electron chi connectivity index (χ1n) is 8.47. The first kappa shape index (κ1) is 18.7. The lowest BCUT2D eigenvalue weighted by Crippen LogP contribution is -1.82. The lowest BCUT2D eigenvalue weighted by molar-refractivity contribution is 0.415. The first-order valence-corrected chi connectivity index (χ1v) is 10.1. The zero-order chi connectivity index (χ0) is 18.4. The Kier molecular flexibility index (Phi) is 6.48. The predicted molar refractivity (Wildman–Crippen MR) is 115 cm³/mol. The summed E-state index contributed by atoms with van der Waals surface area (Å²) in [4.78, 5) is 2.49. The standard InChI is InChI=1S/C23H22OS2/c1-17-4-12-21(13-5-17)25-23(26-22-14-6-18(2)7-15-22)16-19-8-10-20(24-3)11-9-19/h4-16H,1-3H3. The van der Waals surface area contributed by atoms with E-state index in [1.807, 2.05) is 12.1 Å². The van der Waals surface area contributed by atoms with Gasteiger partial charge < -0.3 is 4.74 Å². The molecule has 0 atom stereocenters. The normalized spacial score (nSPS) is 10.4. The van der Waals surface area contributed by atoms with Crippen molar-refractivity contribution < 1.29 is 4.74 Å². The van der Waals surface area contributed by atoms with Crippen molar-refractivity contribution in [1.82, 2.24) is 0 Å². The fourth-order valence-corrected chi connectivity index (χ4v) is 4.50. The zero-order valence-electron chi connectivity index (χ0n) is 15.2.